The van der Waals surface area contributed by atoms with Gasteiger partial charge in [0.25, 0.3) is 0 Å². The first kappa shape index (κ1) is 14.5. The number of likely N-dealkylation sites (tertiary alicyclic amines) is 1. The van der Waals surface area contributed by atoms with Crippen molar-refractivity contribution in [2.75, 3.05) is 33.4 Å². The zero-order valence-corrected chi connectivity index (χ0v) is 11.9. The van der Waals surface area contributed by atoms with Gasteiger partial charge in [-0.2, -0.15) is 0 Å². The molecule has 20 heavy (non-hydrogen) atoms. The van der Waals surface area contributed by atoms with E-state index in [-0.39, 0.29) is 6.03 Å². The van der Waals surface area contributed by atoms with Gasteiger partial charge in [0.15, 0.2) is 0 Å². The second-order valence-corrected chi connectivity index (χ2v) is 4.81. The van der Waals surface area contributed by atoms with Crippen LogP contribution in [0.25, 0.3) is 0 Å². The zero-order chi connectivity index (χ0) is 14.2. The van der Waals surface area contributed by atoms with Crippen molar-refractivity contribution in [1.29, 1.82) is 0 Å². The Kier molecular flexibility index (Phi) is 5.53. The van der Waals surface area contributed by atoms with Crippen LogP contribution < -0.4 is 14.8 Å². The van der Waals surface area contributed by atoms with Gasteiger partial charge in [0, 0.05) is 19.2 Å². The lowest BCUT2D eigenvalue weighted by molar-refractivity contribution is 0.184. The summed E-state index contributed by atoms with van der Waals surface area (Å²) in [5, 5.41) is 2.88. The van der Waals surface area contributed by atoms with Crippen molar-refractivity contribution in [1.82, 2.24) is 10.2 Å². The Labute approximate surface area is 119 Å². The van der Waals surface area contributed by atoms with Crippen molar-refractivity contribution in [3.63, 3.8) is 0 Å². The summed E-state index contributed by atoms with van der Waals surface area (Å²) < 4.78 is 10.7. The molecule has 1 aliphatic heterocycles. The maximum atomic E-state index is 11.8. The van der Waals surface area contributed by atoms with Gasteiger partial charge in [0.1, 0.15) is 18.1 Å². The number of amides is 2. The molecule has 0 saturated carbocycles. The molecule has 0 radical (unpaired) electrons. The van der Waals surface area contributed by atoms with Crippen molar-refractivity contribution in [3.05, 3.63) is 24.3 Å². The highest BCUT2D eigenvalue weighted by molar-refractivity contribution is 5.74. The van der Waals surface area contributed by atoms with Crippen LogP contribution in [0.5, 0.6) is 11.5 Å². The lowest BCUT2D eigenvalue weighted by Gasteiger charge is -2.26. The fourth-order valence-corrected chi connectivity index (χ4v) is 2.23. The minimum atomic E-state index is 0.0129. The second-order valence-electron chi connectivity index (χ2n) is 4.81. The summed E-state index contributed by atoms with van der Waals surface area (Å²) in [5.74, 6) is 1.51. The molecule has 1 heterocycles. The molecule has 0 aromatic heterocycles. The van der Waals surface area contributed by atoms with Crippen LogP contribution in [-0.2, 0) is 0 Å². The molecule has 2 amide bonds. The highest BCUT2D eigenvalue weighted by Gasteiger charge is 2.15. The summed E-state index contributed by atoms with van der Waals surface area (Å²) >= 11 is 0. The molecule has 0 aliphatic carbocycles. The monoisotopic (exact) mass is 278 g/mol. The van der Waals surface area contributed by atoms with Crippen molar-refractivity contribution < 1.29 is 14.3 Å². The number of ether oxygens (including phenoxy) is 2. The van der Waals surface area contributed by atoms with E-state index >= 15 is 0 Å². The summed E-state index contributed by atoms with van der Waals surface area (Å²) in [5.41, 5.74) is 0. The first-order valence-corrected chi connectivity index (χ1v) is 7.09. The van der Waals surface area contributed by atoms with Gasteiger partial charge in [-0.15, -0.1) is 0 Å². The Balaban J connectivity index is 1.66. The maximum absolute atomic E-state index is 11.8. The van der Waals surface area contributed by atoms with E-state index in [2.05, 4.69) is 5.32 Å². The van der Waals surface area contributed by atoms with E-state index in [1.54, 1.807) is 7.11 Å². The van der Waals surface area contributed by atoms with Crippen molar-refractivity contribution in [2.24, 2.45) is 0 Å². The molecule has 1 aromatic rings. The van der Waals surface area contributed by atoms with Crippen LogP contribution in [0.4, 0.5) is 4.79 Å². The molecule has 110 valence electrons. The molecule has 0 atom stereocenters. The molecule has 1 fully saturated rings. The Morgan fingerprint density at radius 1 is 1.25 bits per heavy atom. The smallest absolute Gasteiger partial charge is 0.317 e. The minimum Gasteiger partial charge on any atom is -0.497 e. The highest BCUT2D eigenvalue weighted by Crippen LogP contribution is 2.18. The van der Waals surface area contributed by atoms with E-state index in [1.807, 2.05) is 29.2 Å². The van der Waals surface area contributed by atoms with Crippen molar-refractivity contribution in [2.45, 2.75) is 19.3 Å². The lowest BCUT2D eigenvalue weighted by Crippen LogP contribution is -2.43. The minimum absolute atomic E-state index is 0.0129. The molecule has 0 unspecified atom stereocenters. The van der Waals surface area contributed by atoms with Crippen LogP contribution in [0, 0.1) is 0 Å². The first-order chi connectivity index (χ1) is 9.79. The number of hydrogen-bond donors (Lipinski definition) is 1. The van der Waals surface area contributed by atoms with Crippen LogP contribution in [0.2, 0.25) is 0 Å². The number of nitrogens with zero attached hydrogens (tertiary/aromatic N) is 1. The molecular weight excluding hydrogens is 256 g/mol. The molecule has 1 saturated heterocycles. The Morgan fingerprint density at radius 3 is 2.75 bits per heavy atom. The largest absolute Gasteiger partial charge is 0.497 e. The number of urea groups is 1. The van der Waals surface area contributed by atoms with Crippen LogP contribution >= 0.6 is 0 Å². The van der Waals surface area contributed by atoms with Crippen LogP contribution in [0.1, 0.15) is 19.3 Å². The quantitative estimate of drug-likeness (QED) is 0.841. The maximum Gasteiger partial charge on any atom is 0.317 e. The second kappa shape index (κ2) is 7.62. The number of nitrogens with one attached hydrogen (secondary N) is 1. The van der Waals surface area contributed by atoms with Gasteiger partial charge < -0.3 is 19.7 Å². The van der Waals surface area contributed by atoms with Crippen LogP contribution in [0.15, 0.2) is 24.3 Å². The van der Waals surface area contributed by atoms with E-state index in [0.717, 1.165) is 37.4 Å². The fourth-order valence-electron chi connectivity index (χ4n) is 2.23. The Bertz CT molecular complexity index is 431. The van der Waals surface area contributed by atoms with E-state index < -0.39 is 0 Å². The molecule has 1 N–H and O–H groups in total. The molecule has 0 bridgehead atoms. The van der Waals surface area contributed by atoms with Crippen LogP contribution in [-0.4, -0.2) is 44.3 Å². The molecule has 5 nitrogen and oxygen atoms in total. The van der Waals surface area contributed by atoms with Gasteiger partial charge in [0.05, 0.1) is 13.7 Å². The van der Waals surface area contributed by atoms with Gasteiger partial charge >= 0.3 is 6.03 Å². The Hall–Kier alpha value is -1.91. The number of methoxy groups -OCH3 is 1. The van der Waals surface area contributed by atoms with Gasteiger partial charge in [-0.1, -0.05) is 6.07 Å². The third-order valence-corrected chi connectivity index (χ3v) is 3.33. The zero-order valence-electron chi connectivity index (χ0n) is 11.9. The van der Waals surface area contributed by atoms with E-state index in [0.29, 0.717) is 13.2 Å². The summed E-state index contributed by atoms with van der Waals surface area (Å²) in [6.07, 6.45) is 3.43. The predicted molar refractivity (Wildman–Crippen MR) is 77.3 cm³/mol. The fraction of sp³-hybridized carbons (Fsp3) is 0.533. The van der Waals surface area contributed by atoms with E-state index in [4.69, 9.17) is 9.47 Å². The molecule has 1 aliphatic rings. The highest BCUT2D eigenvalue weighted by atomic mass is 16.5. The molecule has 1 aromatic carbocycles. The van der Waals surface area contributed by atoms with Gasteiger partial charge in [-0.25, -0.2) is 4.79 Å². The normalized spacial score (nSPS) is 14.8. The van der Waals surface area contributed by atoms with Crippen molar-refractivity contribution in [3.8, 4) is 11.5 Å². The average Bonchev–Trinajstić information content (AvgIpc) is 2.52. The number of rotatable bonds is 5. The van der Waals surface area contributed by atoms with Gasteiger partial charge in [-0.05, 0) is 31.4 Å². The number of benzene rings is 1. The van der Waals surface area contributed by atoms with Crippen LogP contribution in [0.3, 0.4) is 0 Å². The van der Waals surface area contributed by atoms with Gasteiger partial charge in [0.2, 0.25) is 0 Å². The SMILES string of the molecule is COc1cccc(OCCNC(=O)N2CCCCC2)c1. The van der Waals surface area contributed by atoms with Gasteiger partial charge in [-0.3, -0.25) is 0 Å². The van der Waals surface area contributed by atoms with E-state index in [9.17, 15) is 4.79 Å². The standard InChI is InChI=1S/C15H22N2O3/c1-19-13-6-5-7-14(12-13)20-11-8-16-15(18)17-9-3-2-4-10-17/h5-7,12H,2-4,8-11H2,1H3,(H,16,18). The predicted octanol–water partition coefficient (Wildman–Crippen LogP) is 2.27. The lowest BCUT2D eigenvalue weighted by atomic mass is 10.1. The third-order valence-electron chi connectivity index (χ3n) is 3.33. The van der Waals surface area contributed by atoms with E-state index in [1.165, 1.54) is 6.42 Å². The van der Waals surface area contributed by atoms with Crippen molar-refractivity contribution >= 4 is 6.03 Å². The first-order valence-electron chi connectivity index (χ1n) is 7.09. The Morgan fingerprint density at radius 2 is 2.00 bits per heavy atom. The summed E-state index contributed by atoms with van der Waals surface area (Å²) in [4.78, 5) is 13.7. The summed E-state index contributed by atoms with van der Waals surface area (Å²) in [6, 6.07) is 7.45. The third kappa shape index (κ3) is 4.33. The summed E-state index contributed by atoms with van der Waals surface area (Å²) in [6.45, 7) is 2.68. The number of piperidine rings is 1. The molecule has 5 heteroatoms. The number of carbonyl (C=O) groups excluding carboxylic acids is 1. The summed E-state index contributed by atoms with van der Waals surface area (Å²) in [7, 11) is 1.62. The number of hydrogen-bond acceptors (Lipinski definition) is 3. The number of carbonyl (C=O) groups is 1. The molecule has 0 spiro atoms. The molecule has 2 rings (SSSR count). The molecular formula is C15H22N2O3. The average molecular weight is 278 g/mol. The topological polar surface area (TPSA) is 50.8 Å².